The van der Waals surface area contributed by atoms with Gasteiger partial charge in [0.2, 0.25) is 0 Å². The van der Waals surface area contributed by atoms with E-state index < -0.39 is 0 Å². The Morgan fingerprint density at radius 1 is 1.64 bits per heavy atom. The fourth-order valence-corrected chi connectivity index (χ4v) is 1.87. The smallest absolute Gasteiger partial charge is 0.185 e. The predicted molar refractivity (Wildman–Crippen MR) is 58.7 cm³/mol. The molecule has 0 fully saturated rings. The molecule has 5 N–H and O–H groups in total. The number of nitrogen functional groups attached to an aromatic ring is 1. The number of Topliss-reactive ketones (excluding diaryl/α,β-unsaturated/α-hetero) is 1. The van der Waals surface area contributed by atoms with Gasteiger partial charge in [0, 0.05) is 19.5 Å². The van der Waals surface area contributed by atoms with Crippen molar-refractivity contribution in [3.8, 4) is 0 Å². The molecule has 1 aromatic heterocycles. The molecule has 0 saturated carbocycles. The minimum absolute atomic E-state index is 0.0285. The second kappa shape index (κ2) is 4.92. The lowest BCUT2D eigenvalue weighted by Crippen LogP contribution is -2.12. The third-order valence-corrected chi connectivity index (χ3v) is 2.72. The first kappa shape index (κ1) is 10.9. The highest BCUT2D eigenvalue weighted by atomic mass is 32.1. The Bertz CT molecular complexity index is 323. The Balaban J connectivity index is 2.77. The molecule has 0 saturated heterocycles. The third-order valence-electron chi connectivity index (χ3n) is 1.65. The molecule has 0 aliphatic heterocycles. The van der Waals surface area contributed by atoms with Crippen molar-refractivity contribution < 1.29 is 4.79 Å². The molecule has 0 aromatic carbocycles. The molecule has 5 nitrogen and oxygen atoms in total. The number of rotatable bonds is 5. The number of nitrogens with one attached hydrogen (secondary N) is 1. The zero-order valence-corrected chi connectivity index (χ0v) is 8.86. The number of ketones is 1. The molecule has 0 amide bonds. The quantitative estimate of drug-likeness (QED) is 0.627. The number of carbonyl (C=O) groups excluding carboxylic acids is 1. The molecule has 0 bridgehead atoms. The van der Waals surface area contributed by atoms with Gasteiger partial charge in [-0.2, -0.15) is 0 Å². The van der Waals surface area contributed by atoms with Gasteiger partial charge in [0.15, 0.2) is 10.9 Å². The number of nitrogens with zero attached hydrogens (tertiary/aromatic N) is 1. The lowest BCUT2D eigenvalue weighted by Gasteiger charge is -1.96. The topological polar surface area (TPSA) is 94.0 Å². The van der Waals surface area contributed by atoms with Crippen molar-refractivity contribution in [1.29, 1.82) is 0 Å². The third kappa shape index (κ3) is 2.43. The number of anilines is 2. The maximum absolute atomic E-state index is 11.4. The second-order valence-electron chi connectivity index (χ2n) is 2.73. The van der Waals surface area contributed by atoms with Crippen molar-refractivity contribution in [3.63, 3.8) is 0 Å². The molecule has 1 aromatic rings. The molecule has 1 rings (SSSR count). The van der Waals surface area contributed by atoms with Crippen LogP contribution in [0.2, 0.25) is 0 Å². The van der Waals surface area contributed by atoms with Gasteiger partial charge in [-0.15, -0.1) is 0 Å². The van der Waals surface area contributed by atoms with E-state index in [1.165, 1.54) is 11.3 Å². The van der Waals surface area contributed by atoms with E-state index in [2.05, 4.69) is 10.3 Å². The van der Waals surface area contributed by atoms with Crippen LogP contribution in [0.25, 0.3) is 0 Å². The van der Waals surface area contributed by atoms with E-state index >= 15 is 0 Å². The molecule has 0 atom stereocenters. The van der Waals surface area contributed by atoms with E-state index in [0.717, 1.165) is 0 Å². The number of nitrogens with two attached hydrogens (primary N) is 2. The van der Waals surface area contributed by atoms with Crippen LogP contribution in [0.1, 0.15) is 23.0 Å². The maximum atomic E-state index is 11.4. The van der Waals surface area contributed by atoms with Gasteiger partial charge in [0.1, 0.15) is 10.7 Å². The van der Waals surface area contributed by atoms with Crippen LogP contribution in [-0.2, 0) is 0 Å². The summed E-state index contributed by atoms with van der Waals surface area (Å²) in [5.74, 6) is 0.335. The summed E-state index contributed by atoms with van der Waals surface area (Å²) in [5.41, 5.74) is 10.9. The average molecular weight is 214 g/mol. The van der Waals surface area contributed by atoms with Gasteiger partial charge in [0.05, 0.1) is 0 Å². The number of thiazole rings is 1. The lowest BCUT2D eigenvalue weighted by atomic mass is 10.3. The summed E-state index contributed by atoms with van der Waals surface area (Å²) in [7, 11) is 0. The average Bonchev–Trinajstić information content (AvgIpc) is 2.55. The van der Waals surface area contributed by atoms with Crippen LogP contribution in [-0.4, -0.2) is 23.9 Å². The van der Waals surface area contributed by atoms with Crippen LogP contribution in [0.3, 0.4) is 0 Å². The first-order valence-electron chi connectivity index (χ1n) is 4.42. The van der Waals surface area contributed by atoms with E-state index in [0.29, 0.717) is 35.3 Å². The van der Waals surface area contributed by atoms with Gasteiger partial charge < -0.3 is 16.8 Å². The maximum Gasteiger partial charge on any atom is 0.185 e. The zero-order chi connectivity index (χ0) is 10.6. The van der Waals surface area contributed by atoms with Crippen molar-refractivity contribution in [2.45, 2.75) is 13.3 Å². The van der Waals surface area contributed by atoms with Gasteiger partial charge in [-0.25, -0.2) is 4.98 Å². The number of carbonyl (C=O) groups is 1. The fourth-order valence-electron chi connectivity index (χ4n) is 0.947. The standard InChI is InChI=1S/C8H14N4OS/c1-2-5(13)6-7(10)12-8(14-6)11-4-3-9/h2-4,9-10H2,1H3,(H,11,12). The molecule has 0 unspecified atom stereocenters. The van der Waals surface area contributed by atoms with Crippen LogP contribution in [0.15, 0.2) is 0 Å². The Kier molecular flexibility index (Phi) is 3.84. The van der Waals surface area contributed by atoms with E-state index in [-0.39, 0.29) is 5.78 Å². The SMILES string of the molecule is CCC(=O)c1sc(NCCN)nc1N. The van der Waals surface area contributed by atoms with Crippen molar-refractivity contribution >= 4 is 28.1 Å². The lowest BCUT2D eigenvalue weighted by molar-refractivity contribution is 0.0992. The molecule has 1 heterocycles. The summed E-state index contributed by atoms with van der Waals surface area (Å²) in [6.07, 6.45) is 0.447. The van der Waals surface area contributed by atoms with Crippen LogP contribution < -0.4 is 16.8 Å². The molecule has 0 spiro atoms. The molecule has 0 radical (unpaired) electrons. The summed E-state index contributed by atoms with van der Waals surface area (Å²) in [4.78, 5) is 15.9. The number of aromatic nitrogens is 1. The first-order chi connectivity index (χ1) is 6.69. The highest BCUT2D eigenvalue weighted by Gasteiger charge is 2.13. The van der Waals surface area contributed by atoms with Gasteiger partial charge >= 0.3 is 0 Å². The van der Waals surface area contributed by atoms with Gasteiger partial charge in [-0.05, 0) is 0 Å². The summed E-state index contributed by atoms with van der Waals surface area (Å²) in [6.45, 7) is 2.96. The van der Waals surface area contributed by atoms with Crippen molar-refractivity contribution in [3.05, 3.63) is 4.88 Å². The van der Waals surface area contributed by atoms with Crippen LogP contribution >= 0.6 is 11.3 Å². The second-order valence-corrected chi connectivity index (χ2v) is 3.72. The zero-order valence-electron chi connectivity index (χ0n) is 8.04. The first-order valence-corrected chi connectivity index (χ1v) is 5.24. The minimum Gasteiger partial charge on any atom is -0.382 e. The monoisotopic (exact) mass is 214 g/mol. The molecule has 78 valence electrons. The van der Waals surface area contributed by atoms with Crippen molar-refractivity contribution in [1.82, 2.24) is 4.98 Å². The molecule has 6 heteroatoms. The van der Waals surface area contributed by atoms with Crippen molar-refractivity contribution in [2.24, 2.45) is 5.73 Å². The normalized spacial score (nSPS) is 10.1. The predicted octanol–water partition coefficient (Wildman–Crippen LogP) is 0.689. The molecular weight excluding hydrogens is 200 g/mol. The Labute approximate surface area is 86.5 Å². The molecular formula is C8H14N4OS. The van der Waals surface area contributed by atoms with Gasteiger partial charge in [-0.3, -0.25) is 4.79 Å². The molecule has 0 aliphatic rings. The largest absolute Gasteiger partial charge is 0.382 e. The Morgan fingerprint density at radius 2 is 2.36 bits per heavy atom. The molecule has 0 aliphatic carbocycles. The highest BCUT2D eigenvalue weighted by molar-refractivity contribution is 7.18. The van der Waals surface area contributed by atoms with Crippen LogP contribution in [0.4, 0.5) is 10.9 Å². The summed E-state index contributed by atoms with van der Waals surface area (Å²) >= 11 is 1.28. The van der Waals surface area contributed by atoms with Crippen molar-refractivity contribution in [2.75, 3.05) is 24.1 Å². The van der Waals surface area contributed by atoms with E-state index in [4.69, 9.17) is 11.5 Å². The summed E-state index contributed by atoms with van der Waals surface area (Å²) in [6, 6.07) is 0. The van der Waals surface area contributed by atoms with Gasteiger partial charge in [-0.1, -0.05) is 18.3 Å². The Hall–Kier alpha value is -1.14. The van der Waals surface area contributed by atoms with E-state index in [1.807, 2.05) is 0 Å². The molecule has 14 heavy (non-hydrogen) atoms. The Morgan fingerprint density at radius 3 is 2.93 bits per heavy atom. The number of hydrogen-bond donors (Lipinski definition) is 3. The van der Waals surface area contributed by atoms with E-state index in [1.54, 1.807) is 6.92 Å². The van der Waals surface area contributed by atoms with E-state index in [9.17, 15) is 4.79 Å². The number of hydrogen-bond acceptors (Lipinski definition) is 6. The summed E-state index contributed by atoms with van der Waals surface area (Å²) in [5, 5.41) is 3.64. The fraction of sp³-hybridized carbons (Fsp3) is 0.500. The minimum atomic E-state index is 0.0285. The van der Waals surface area contributed by atoms with Gasteiger partial charge in [0.25, 0.3) is 0 Å². The van der Waals surface area contributed by atoms with Crippen LogP contribution in [0, 0.1) is 0 Å². The summed E-state index contributed by atoms with van der Waals surface area (Å²) < 4.78 is 0. The van der Waals surface area contributed by atoms with Crippen LogP contribution in [0.5, 0.6) is 0 Å². The highest BCUT2D eigenvalue weighted by Crippen LogP contribution is 2.25.